The van der Waals surface area contributed by atoms with Gasteiger partial charge in [0.2, 0.25) is 0 Å². The molecule has 0 bridgehead atoms. The van der Waals surface area contributed by atoms with Crippen molar-refractivity contribution in [1.82, 2.24) is 20.1 Å². The van der Waals surface area contributed by atoms with E-state index in [2.05, 4.69) is 62.7 Å². The van der Waals surface area contributed by atoms with Gasteiger partial charge in [-0.2, -0.15) is 5.10 Å². The Morgan fingerprint density at radius 2 is 2.25 bits per heavy atom. The summed E-state index contributed by atoms with van der Waals surface area (Å²) in [6, 6.07) is 13.0. The number of likely N-dealkylation sites (tertiary alicyclic amines) is 1. The molecular weight excluding hydrogens is 298 g/mol. The van der Waals surface area contributed by atoms with Crippen LogP contribution in [0.3, 0.4) is 0 Å². The van der Waals surface area contributed by atoms with E-state index in [1.54, 1.807) is 0 Å². The molecule has 5 heteroatoms. The van der Waals surface area contributed by atoms with Crippen LogP contribution in [0.1, 0.15) is 19.0 Å². The van der Waals surface area contributed by atoms with Crippen LogP contribution in [0.15, 0.2) is 48.8 Å². The highest BCUT2D eigenvalue weighted by molar-refractivity contribution is 5.81. The highest BCUT2D eigenvalue weighted by atomic mass is 15.2. The summed E-state index contributed by atoms with van der Waals surface area (Å²) >= 11 is 0. The van der Waals surface area contributed by atoms with E-state index in [-0.39, 0.29) is 0 Å². The number of nitrogens with zero attached hydrogens (tertiary/aromatic N) is 3. The summed E-state index contributed by atoms with van der Waals surface area (Å²) in [6.07, 6.45) is 4.90. The van der Waals surface area contributed by atoms with E-state index in [0.717, 1.165) is 42.7 Å². The number of nitrogens with one attached hydrogen (secondary N) is 2. The average molecular weight is 321 g/mol. The van der Waals surface area contributed by atoms with Crippen molar-refractivity contribution >= 4 is 16.6 Å². The molecular formula is C19H23N5. The van der Waals surface area contributed by atoms with Crippen LogP contribution in [0.2, 0.25) is 0 Å². The van der Waals surface area contributed by atoms with Gasteiger partial charge >= 0.3 is 0 Å². The van der Waals surface area contributed by atoms with Crippen LogP contribution in [-0.4, -0.2) is 39.2 Å². The molecule has 1 aromatic carbocycles. The van der Waals surface area contributed by atoms with Crippen LogP contribution in [0.4, 0.5) is 5.69 Å². The van der Waals surface area contributed by atoms with E-state index in [4.69, 9.17) is 0 Å². The molecule has 1 fully saturated rings. The summed E-state index contributed by atoms with van der Waals surface area (Å²) in [6.45, 7) is 5.48. The number of hydrogen-bond donors (Lipinski definition) is 2. The molecule has 5 nitrogen and oxygen atoms in total. The number of aromatic nitrogens is 3. The third kappa shape index (κ3) is 3.26. The van der Waals surface area contributed by atoms with Crippen molar-refractivity contribution in [3.8, 4) is 0 Å². The zero-order chi connectivity index (χ0) is 16.4. The molecule has 1 aliphatic heterocycles. The lowest BCUT2D eigenvalue weighted by Gasteiger charge is -2.37. The topological polar surface area (TPSA) is 56.8 Å². The van der Waals surface area contributed by atoms with Crippen LogP contribution in [0.25, 0.3) is 10.9 Å². The fraction of sp³-hybridized carbons (Fsp3) is 0.368. The molecule has 2 atom stereocenters. The van der Waals surface area contributed by atoms with Gasteiger partial charge in [-0.05, 0) is 42.7 Å². The standard InChI is InChI=1S/C19H23N5/c1-14-12-24(13-17-4-2-3-8-20-17)9-7-18(14)22-16-5-6-19-15(10-16)11-21-23-19/h2-6,8,10-11,14,18,22H,7,9,12-13H2,1H3,(H,21,23)/t14-,18+/m1/s1. The maximum Gasteiger partial charge on any atom is 0.0651 e. The number of H-pyrrole nitrogens is 1. The Morgan fingerprint density at radius 1 is 1.29 bits per heavy atom. The van der Waals surface area contributed by atoms with E-state index < -0.39 is 0 Å². The molecule has 2 N–H and O–H groups in total. The molecule has 1 saturated heterocycles. The van der Waals surface area contributed by atoms with Gasteiger partial charge in [0.05, 0.1) is 17.4 Å². The van der Waals surface area contributed by atoms with Gasteiger partial charge in [0, 0.05) is 42.9 Å². The van der Waals surface area contributed by atoms with Gasteiger partial charge in [-0.25, -0.2) is 0 Å². The van der Waals surface area contributed by atoms with Crippen LogP contribution in [0.5, 0.6) is 0 Å². The molecule has 2 aromatic heterocycles. The summed E-state index contributed by atoms with van der Waals surface area (Å²) in [7, 11) is 0. The minimum atomic E-state index is 0.509. The maximum absolute atomic E-state index is 4.44. The fourth-order valence-corrected chi connectivity index (χ4v) is 3.56. The number of pyridine rings is 1. The van der Waals surface area contributed by atoms with Crippen molar-refractivity contribution in [2.45, 2.75) is 25.9 Å². The molecule has 124 valence electrons. The Kier molecular flexibility index (Phi) is 4.17. The van der Waals surface area contributed by atoms with E-state index in [0.29, 0.717) is 12.0 Å². The maximum atomic E-state index is 4.44. The van der Waals surface area contributed by atoms with Crippen molar-refractivity contribution in [2.75, 3.05) is 18.4 Å². The number of piperidine rings is 1. The van der Waals surface area contributed by atoms with Gasteiger partial charge in [0.25, 0.3) is 0 Å². The molecule has 1 aliphatic rings. The first-order chi connectivity index (χ1) is 11.8. The summed E-state index contributed by atoms with van der Waals surface area (Å²) < 4.78 is 0. The smallest absolute Gasteiger partial charge is 0.0651 e. The van der Waals surface area contributed by atoms with Gasteiger partial charge < -0.3 is 5.32 Å². The number of hydrogen-bond acceptors (Lipinski definition) is 4. The molecule has 0 amide bonds. The average Bonchev–Trinajstić information content (AvgIpc) is 3.06. The number of aromatic amines is 1. The molecule has 0 aliphatic carbocycles. The molecule has 3 heterocycles. The minimum absolute atomic E-state index is 0.509. The molecule has 0 radical (unpaired) electrons. The predicted octanol–water partition coefficient (Wildman–Crippen LogP) is 3.28. The molecule has 24 heavy (non-hydrogen) atoms. The summed E-state index contributed by atoms with van der Waals surface area (Å²) in [5.74, 6) is 0.600. The second kappa shape index (κ2) is 6.61. The van der Waals surface area contributed by atoms with Gasteiger partial charge in [-0.15, -0.1) is 0 Å². The summed E-state index contributed by atoms with van der Waals surface area (Å²) in [5, 5.41) is 12.0. The second-order valence-corrected chi connectivity index (χ2v) is 6.75. The number of anilines is 1. The van der Waals surface area contributed by atoms with Crippen molar-refractivity contribution < 1.29 is 0 Å². The lowest BCUT2D eigenvalue weighted by molar-refractivity contribution is 0.163. The lowest BCUT2D eigenvalue weighted by Crippen LogP contribution is -2.44. The Hall–Kier alpha value is -2.40. The first-order valence-electron chi connectivity index (χ1n) is 8.60. The third-order valence-electron chi connectivity index (χ3n) is 4.89. The van der Waals surface area contributed by atoms with Crippen LogP contribution in [0, 0.1) is 5.92 Å². The molecule has 4 rings (SSSR count). The fourth-order valence-electron chi connectivity index (χ4n) is 3.56. The first-order valence-corrected chi connectivity index (χ1v) is 8.60. The zero-order valence-electron chi connectivity index (χ0n) is 13.9. The highest BCUT2D eigenvalue weighted by Crippen LogP contribution is 2.24. The molecule has 3 aromatic rings. The van der Waals surface area contributed by atoms with Gasteiger partial charge in [0.15, 0.2) is 0 Å². The Balaban J connectivity index is 1.37. The van der Waals surface area contributed by atoms with Crippen molar-refractivity contribution in [2.24, 2.45) is 5.92 Å². The number of benzene rings is 1. The van der Waals surface area contributed by atoms with Crippen molar-refractivity contribution in [3.63, 3.8) is 0 Å². The Morgan fingerprint density at radius 3 is 3.08 bits per heavy atom. The Labute approximate surface area is 142 Å². The summed E-state index contributed by atoms with van der Waals surface area (Å²) in [4.78, 5) is 6.95. The van der Waals surface area contributed by atoms with E-state index in [1.165, 1.54) is 5.69 Å². The second-order valence-electron chi connectivity index (χ2n) is 6.75. The zero-order valence-corrected chi connectivity index (χ0v) is 13.9. The largest absolute Gasteiger partial charge is 0.382 e. The summed E-state index contributed by atoms with van der Waals surface area (Å²) in [5.41, 5.74) is 3.42. The SMILES string of the molecule is C[C@@H]1CN(Cc2ccccn2)CC[C@@H]1Nc1ccc2[nH]ncc2c1. The van der Waals surface area contributed by atoms with E-state index >= 15 is 0 Å². The quantitative estimate of drug-likeness (QED) is 0.774. The van der Waals surface area contributed by atoms with Crippen molar-refractivity contribution in [1.29, 1.82) is 0 Å². The van der Waals surface area contributed by atoms with Crippen LogP contribution < -0.4 is 5.32 Å². The first kappa shape index (κ1) is 15.1. The van der Waals surface area contributed by atoms with E-state index in [9.17, 15) is 0 Å². The van der Waals surface area contributed by atoms with Gasteiger partial charge in [0.1, 0.15) is 0 Å². The number of rotatable bonds is 4. The third-order valence-corrected chi connectivity index (χ3v) is 4.89. The predicted molar refractivity (Wildman–Crippen MR) is 96.8 cm³/mol. The normalized spacial score (nSPS) is 21.9. The molecule has 0 saturated carbocycles. The molecule has 0 unspecified atom stereocenters. The minimum Gasteiger partial charge on any atom is -0.382 e. The monoisotopic (exact) mass is 321 g/mol. The van der Waals surface area contributed by atoms with Crippen molar-refractivity contribution in [3.05, 3.63) is 54.5 Å². The van der Waals surface area contributed by atoms with Gasteiger partial charge in [-0.3, -0.25) is 15.0 Å². The molecule has 0 spiro atoms. The Bertz CT molecular complexity index is 798. The van der Waals surface area contributed by atoms with Crippen LogP contribution in [-0.2, 0) is 6.54 Å². The number of fused-ring (bicyclic) bond motifs is 1. The lowest BCUT2D eigenvalue weighted by atomic mass is 9.93. The van der Waals surface area contributed by atoms with E-state index in [1.807, 2.05) is 18.5 Å². The van der Waals surface area contributed by atoms with Gasteiger partial charge in [-0.1, -0.05) is 13.0 Å². The van der Waals surface area contributed by atoms with Crippen LogP contribution >= 0.6 is 0 Å². The highest BCUT2D eigenvalue weighted by Gasteiger charge is 2.26.